The van der Waals surface area contributed by atoms with Gasteiger partial charge >= 0.3 is 0 Å². The number of nitriles is 1. The number of hydrogen-bond donors (Lipinski definition) is 1. The topological polar surface area (TPSA) is 114 Å². The largest absolute Gasteiger partial charge is 0.494 e. The number of benzene rings is 2. The number of rotatable bonds is 8. The molecule has 1 saturated heterocycles. The van der Waals surface area contributed by atoms with E-state index in [1.54, 1.807) is 35.2 Å². The molecule has 0 aliphatic carbocycles. The Morgan fingerprint density at radius 2 is 1.79 bits per heavy atom. The SMILES string of the molecule is COc1cccc(OC)c1-n1c(COC(C)C)cc(=O)c(C(=O)N2CCC(c3ccc(C#N)cc3)C2)c1O. The second-order valence-corrected chi connectivity index (χ2v) is 9.38. The van der Waals surface area contributed by atoms with Crippen LogP contribution in [0.1, 0.15) is 53.4 Å². The first kappa shape index (κ1) is 26.8. The Hall–Kier alpha value is -4.29. The molecule has 1 aliphatic rings. The fourth-order valence-electron chi connectivity index (χ4n) is 4.71. The summed E-state index contributed by atoms with van der Waals surface area (Å²) in [7, 11) is 2.98. The molecule has 2 heterocycles. The zero-order valence-corrected chi connectivity index (χ0v) is 21.9. The van der Waals surface area contributed by atoms with Crippen molar-refractivity contribution in [3.05, 3.63) is 81.1 Å². The molecule has 1 fully saturated rings. The molecule has 0 radical (unpaired) electrons. The van der Waals surface area contributed by atoms with Crippen molar-refractivity contribution in [2.75, 3.05) is 27.3 Å². The van der Waals surface area contributed by atoms with Crippen LogP contribution in [-0.4, -0.2) is 53.9 Å². The molecule has 9 nitrogen and oxygen atoms in total. The molecule has 38 heavy (non-hydrogen) atoms. The summed E-state index contributed by atoms with van der Waals surface area (Å²) in [6.45, 7) is 4.56. The van der Waals surface area contributed by atoms with Crippen LogP contribution < -0.4 is 14.9 Å². The van der Waals surface area contributed by atoms with Crippen LogP contribution in [0.2, 0.25) is 0 Å². The number of aromatic hydroxyl groups is 1. The molecular formula is C29H31N3O6. The summed E-state index contributed by atoms with van der Waals surface area (Å²) < 4.78 is 18.2. The zero-order valence-electron chi connectivity index (χ0n) is 21.9. The Labute approximate surface area is 221 Å². The van der Waals surface area contributed by atoms with Crippen LogP contribution in [0.4, 0.5) is 0 Å². The molecule has 2 aromatic carbocycles. The highest BCUT2D eigenvalue weighted by Crippen LogP contribution is 2.37. The second-order valence-electron chi connectivity index (χ2n) is 9.38. The Kier molecular flexibility index (Phi) is 8.03. The van der Waals surface area contributed by atoms with E-state index in [0.29, 0.717) is 48.0 Å². The molecule has 1 aromatic heterocycles. The van der Waals surface area contributed by atoms with Crippen LogP contribution in [0.15, 0.2) is 53.3 Å². The van der Waals surface area contributed by atoms with Gasteiger partial charge in [0.25, 0.3) is 5.91 Å². The van der Waals surface area contributed by atoms with E-state index in [0.717, 1.165) is 5.56 Å². The Bertz CT molecular complexity index is 1400. The van der Waals surface area contributed by atoms with Gasteiger partial charge < -0.3 is 24.2 Å². The number of amides is 1. The van der Waals surface area contributed by atoms with E-state index < -0.39 is 17.2 Å². The molecule has 9 heteroatoms. The van der Waals surface area contributed by atoms with Gasteiger partial charge in [-0.25, -0.2) is 0 Å². The number of nitrogens with zero attached hydrogens (tertiary/aromatic N) is 3. The summed E-state index contributed by atoms with van der Waals surface area (Å²) >= 11 is 0. The van der Waals surface area contributed by atoms with Gasteiger partial charge in [0, 0.05) is 25.1 Å². The molecule has 0 bridgehead atoms. The summed E-state index contributed by atoms with van der Waals surface area (Å²) in [4.78, 5) is 28.5. The van der Waals surface area contributed by atoms with Crippen molar-refractivity contribution < 1.29 is 24.1 Å². The lowest BCUT2D eigenvalue weighted by molar-refractivity contribution is 0.0617. The van der Waals surface area contributed by atoms with Crippen LogP contribution in [-0.2, 0) is 11.3 Å². The van der Waals surface area contributed by atoms with Crippen molar-refractivity contribution >= 4 is 5.91 Å². The maximum Gasteiger partial charge on any atom is 0.263 e. The van der Waals surface area contributed by atoms with Gasteiger partial charge in [0.2, 0.25) is 5.88 Å². The van der Waals surface area contributed by atoms with E-state index in [-0.39, 0.29) is 24.2 Å². The van der Waals surface area contributed by atoms with Crippen LogP contribution in [0.5, 0.6) is 17.4 Å². The van der Waals surface area contributed by atoms with Gasteiger partial charge in [-0.15, -0.1) is 0 Å². The predicted octanol–water partition coefficient (Wildman–Crippen LogP) is 3.99. The number of carbonyl (C=O) groups excluding carboxylic acids is 1. The third-order valence-electron chi connectivity index (χ3n) is 6.66. The minimum atomic E-state index is -0.596. The normalized spacial score (nSPS) is 14.9. The van der Waals surface area contributed by atoms with E-state index in [2.05, 4.69) is 6.07 Å². The lowest BCUT2D eigenvalue weighted by Gasteiger charge is -2.23. The molecule has 1 atom stereocenters. The second kappa shape index (κ2) is 11.4. The van der Waals surface area contributed by atoms with Crippen molar-refractivity contribution in [3.63, 3.8) is 0 Å². The number of pyridine rings is 1. The third kappa shape index (κ3) is 5.22. The van der Waals surface area contributed by atoms with Crippen LogP contribution in [0.25, 0.3) is 5.69 Å². The van der Waals surface area contributed by atoms with E-state index in [9.17, 15) is 14.7 Å². The van der Waals surface area contributed by atoms with Crippen molar-refractivity contribution in [2.45, 2.75) is 38.9 Å². The Balaban J connectivity index is 1.77. The summed E-state index contributed by atoms with van der Waals surface area (Å²) in [5.41, 5.74) is 1.36. The Morgan fingerprint density at radius 3 is 2.37 bits per heavy atom. The van der Waals surface area contributed by atoms with Crippen LogP contribution in [0.3, 0.4) is 0 Å². The van der Waals surface area contributed by atoms with E-state index >= 15 is 0 Å². The standard InChI is InChI=1S/C29H31N3O6/c1-18(2)38-17-22-14-23(33)26(29(35)32(22)27-24(36-3)6-5-7-25(27)37-4)28(34)31-13-12-21(16-31)20-10-8-19(15-30)9-11-20/h5-11,14,18,21,35H,12-13,16-17H2,1-4H3. The predicted molar refractivity (Wildman–Crippen MR) is 141 cm³/mol. The minimum absolute atomic E-state index is 0.0145. The highest BCUT2D eigenvalue weighted by Gasteiger charge is 2.33. The van der Waals surface area contributed by atoms with Crippen LogP contribution >= 0.6 is 0 Å². The smallest absolute Gasteiger partial charge is 0.263 e. The molecule has 0 saturated carbocycles. The van der Waals surface area contributed by atoms with Gasteiger partial charge in [-0.1, -0.05) is 18.2 Å². The number of para-hydroxylation sites is 1. The van der Waals surface area contributed by atoms with Crippen LogP contribution in [0, 0.1) is 11.3 Å². The van der Waals surface area contributed by atoms with Gasteiger partial charge in [0.05, 0.1) is 44.3 Å². The van der Waals surface area contributed by atoms with Gasteiger partial charge in [-0.2, -0.15) is 5.26 Å². The van der Waals surface area contributed by atoms with Crippen molar-refractivity contribution in [2.24, 2.45) is 0 Å². The number of aromatic nitrogens is 1. The fourth-order valence-corrected chi connectivity index (χ4v) is 4.71. The molecule has 1 amide bonds. The first-order chi connectivity index (χ1) is 18.3. The third-order valence-corrected chi connectivity index (χ3v) is 6.66. The molecule has 1 unspecified atom stereocenters. The molecule has 4 rings (SSSR count). The van der Waals surface area contributed by atoms with Gasteiger partial charge in [-0.05, 0) is 50.1 Å². The number of carbonyl (C=O) groups is 1. The fraction of sp³-hybridized carbons (Fsp3) is 0.345. The maximum absolute atomic E-state index is 13.7. The van der Waals surface area contributed by atoms with Crippen molar-refractivity contribution in [1.82, 2.24) is 9.47 Å². The summed E-state index contributed by atoms with van der Waals surface area (Å²) in [5, 5.41) is 20.6. The molecule has 3 aromatic rings. The molecule has 198 valence electrons. The highest BCUT2D eigenvalue weighted by atomic mass is 16.5. The van der Waals surface area contributed by atoms with Crippen molar-refractivity contribution in [3.8, 4) is 29.1 Å². The molecule has 1 N–H and O–H groups in total. The van der Waals surface area contributed by atoms with Gasteiger partial charge in [-0.3, -0.25) is 14.2 Å². The Morgan fingerprint density at radius 1 is 1.13 bits per heavy atom. The number of likely N-dealkylation sites (tertiary alicyclic amines) is 1. The number of ether oxygens (including phenoxy) is 3. The maximum atomic E-state index is 13.7. The quantitative estimate of drug-likeness (QED) is 0.481. The van der Waals surface area contributed by atoms with E-state index in [4.69, 9.17) is 19.5 Å². The lowest BCUT2D eigenvalue weighted by Crippen LogP contribution is -2.33. The molecule has 0 spiro atoms. The average Bonchev–Trinajstić information content (AvgIpc) is 3.42. The molecular weight excluding hydrogens is 486 g/mol. The lowest BCUT2D eigenvalue weighted by atomic mass is 9.97. The molecule has 1 aliphatic heterocycles. The highest BCUT2D eigenvalue weighted by molar-refractivity contribution is 5.96. The van der Waals surface area contributed by atoms with Crippen molar-refractivity contribution in [1.29, 1.82) is 5.26 Å². The van der Waals surface area contributed by atoms with Gasteiger partial charge in [0.15, 0.2) is 5.43 Å². The summed E-state index contributed by atoms with van der Waals surface area (Å²) in [6.07, 6.45) is 0.568. The first-order valence-corrected chi connectivity index (χ1v) is 12.4. The van der Waals surface area contributed by atoms with Gasteiger partial charge in [0.1, 0.15) is 22.7 Å². The van der Waals surface area contributed by atoms with E-state index in [1.807, 2.05) is 26.0 Å². The summed E-state index contributed by atoms with van der Waals surface area (Å²) in [5.74, 6) is -0.231. The summed E-state index contributed by atoms with van der Waals surface area (Å²) in [6, 6.07) is 15.8. The first-order valence-electron chi connectivity index (χ1n) is 12.4. The average molecular weight is 518 g/mol. The minimum Gasteiger partial charge on any atom is -0.494 e. The zero-order chi connectivity index (χ0) is 27.4. The monoisotopic (exact) mass is 517 g/mol. The van der Waals surface area contributed by atoms with E-state index in [1.165, 1.54) is 24.9 Å². The number of hydrogen-bond acceptors (Lipinski definition) is 7. The number of methoxy groups -OCH3 is 2.